The van der Waals surface area contributed by atoms with Gasteiger partial charge in [-0.3, -0.25) is 9.69 Å². The summed E-state index contributed by atoms with van der Waals surface area (Å²) in [6.07, 6.45) is 2.90. The number of hydrogen-bond acceptors (Lipinski definition) is 5. The van der Waals surface area contributed by atoms with E-state index in [2.05, 4.69) is 10.2 Å². The maximum Gasteiger partial charge on any atom is 0.228 e. The van der Waals surface area contributed by atoms with Gasteiger partial charge in [0.2, 0.25) is 5.91 Å². The largest absolute Gasteiger partial charge is 0.508 e. The van der Waals surface area contributed by atoms with E-state index in [-0.39, 0.29) is 23.0 Å². The van der Waals surface area contributed by atoms with E-state index < -0.39 is 0 Å². The van der Waals surface area contributed by atoms with Gasteiger partial charge < -0.3 is 19.9 Å². The molecule has 7 heteroatoms. The molecule has 6 nitrogen and oxygen atoms in total. The number of carbonyl (C=O) groups excluding carboxylic acids is 1. The third kappa shape index (κ3) is 4.20. The molecule has 2 fully saturated rings. The number of phenolic OH excluding ortho intramolecular Hbond substituents is 1. The Morgan fingerprint density at radius 3 is 2.63 bits per heavy atom. The molecule has 1 atom stereocenters. The first-order chi connectivity index (χ1) is 14.4. The Kier molecular flexibility index (Phi) is 5.80. The van der Waals surface area contributed by atoms with Crippen LogP contribution in [-0.2, 0) is 11.3 Å². The second kappa shape index (κ2) is 8.36. The zero-order valence-corrected chi connectivity index (χ0v) is 18.0. The van der Waals surface area contributed by atoms with Gasteiger partial charge in [0.25, 0.3) is 0 Å². The highest BCUT2D eigenvalue weighted by Crippen LogP contribution is 2.59. The van der Waals surface area contributed by atoms with Crippen LogP contribution < -0.4 is 14.8 Å². The van der Waals surface area contributed by atoms with Gasteiger partial charge in [-0.2, -0.15) is 0 Å². The zero-order chi connectivity index (χ0) is 21.3. The summed E-state index contributed by atoms with van der Waals surface area (Å²) in [6.45, 7) is 2.50. The topological polar surface area (TPSA) is 71.0 Å². The van der Waals surface area contributed by atoms with E-state index in [9.17, 15) is 9.90 Å². The zero-order valence-electron chi connectivity index (χ0n) is 17.3. The average Bonchev–Trinajstić information content (AvgIpc) is 3.45. The summed E-state index contributed by atoms with van der Waals surface area (Å²) in [5.41, 5.74) is 1.67. The number of methoxy groups -OCH3 is 2. The highest BCUT2D eigenvalue weighted by Gasteiger charge is 2.58. The number of ether oxygens (including phenoxy) is 2. The van der Waals surface area contributed by atoms with E-state index in [4.69, 9.17) is 21.1 Å². The van der Waals surface area contributed by atoms with Crippen LogP contribution in [-0.4, -0.2) is 43.2 Å². The Morgan fingerprint density at radius 1 is 1.20 bits per heavy atom. The van der Waals surface area contributed by atoms with Crippen molar-refractivity contribution in [2.24, 2.45) is 11.3 Å². The number of piperidine rings is 1. The SMILES string of the molecule is COc1ccc(O)c(CN2CCC3(CC2)CC3C(=O)Nc2ccc(OC)c(Cl)c2)c1. The number of halogens is 1. The molecular formula is C23H27ClN2O4. The van der Waals surface area contributed by atoms with Crippen LogP contribution in [0.4, 0.5) is 5.69 Å². The molecule has 1 unspecified atom stereocenters. The number of rotatable bonds is 6. The Bertz CT molecular complexity index is 941. The molecule has 160 valence electrons. The molecule has 0 radical (unpaired) electrons. The summed E-state index contributed by atoms with van der Waals surface area (Å²) >= 11 is 6.16. The van der Waals surface area contributed by atoms with Gasteiger partial charge in [-0.1, -0.05) is 11.6 Å². The molecule has 4 rings (SSSR count). The minimum atomic E-state index is 0.0470. The minimum absolute atomic E-state index is 0.0470. The van der Waals surface area contributed by atoms with Gasteiger partial charge in [0.1, 0.15) is 17.2 Å². The van der Waals surface area contributed by atoms with E-state index in [1.165, 1.54) is 0 Å². The van der Waals surface area contributed by atoms with Gasteiger partial charge in [0, 0.05) is 23.7 Å². The highest BCUT2D eigenvalue weighted by atomic mass is 35.5. The van der Waals surface area contributed by atoms with Crippen molar-refractivity contribution in [2.45, 2.75) is 25.8 Å². The third-order valence-corrected chi connectivity index (χ3v) is 6.75. The molecule has 30 heavy (non-hydrogen) atoms. The van der Waals surface area contributed by atoms with E-state index >= 15 is 0 Å². The second-order valence-electron chi connectivity index (χ2n) is 8.23. The second-order valence-corrected chi connectivity index (χ2v) is 8.64. The smallest absolute Gasteiger partial charge is 0.228 e. The van der Waals surface area contributed by atoms with Crippen LogP contribution in [0.25, 0.3) is 0 Å². The standard InChI is InChI=1S/C23H27ClN2O4/c1-29-17-4-5-20(27)15(11-17)14-26-9-7-23(8-10-26)13-18(23)22(28)25-16-3-6-21(30-2)19(24)12-16/h3-6,11-12,18,27H,7-10,13-14H2,1-2H3,(H,25,28). The van der Waals surface area contributed by atoms with Crippen molar-refractivity contribution in [3.63, 3.8) is 0 Å². The van der Waals surface area contributed by atoms with E-state index in [1.54, 1.807) is 44.6 Å². The number of aromatic hydroxyl groups is 1. The summed E-state index contributed by atoms with van der Waals surface area (Å²) in [5.74, 6) is 1.74. The Balaban J connectivity index is 1.31. The summed E-state index contributed by atoms with van der Waals surface area (Å²) in [5, 5.41) is 13.6. The number of phenols is 1. The van der Waals surface area contributed by atoms with Crippen molar-refractivity contribution < 1.29 is 19.4 Å². The number of anilines is 1. The van der Waals surface area contributed by atoms with Crippen molar-refractivity contribution in [3.8, 4) is 17.2 Å². The molecule has 0 bridgehead atoms. The van der Waals surface area contributed by atoms with E-state index in [0.717, 1.165) is 43.7 Å². The van der Waals surface area contributed by atoms with Crippen molar-refractivity contribution in [1.29, 1.82) is 0 Å². The molecule has 2 aromatic rings. The molecule has 1 aliphatic heterocycles. The van der Waals surface area contributed by atoms with Gasteiger partial charge in [-0.15, -0.1) is 0 Å². The molecule has 0 aromatic heterocycles. The van der Waals surface area contributed by atoms with Gasteiger partial charge >= 0.3 is 0 Å². The maximum absolute atomic E-state index is 12.8. The molecule has 1 heterocycles. The van der Waals surface area contributed by atoms with Crippen LogP contribution in [0.15, 0.2) is 36.4 Å². The van der Waals surface area contributed by atoms with E-state index in [0.29, 0.717) is 23.0 Å². The number of carbonyl (C=O) groups is 1. The lowest BCUT2D eigenvalue weighted by atomic mass is 9.90. The molecule has 1 spiro atoms. The molecule has 1 saturated carbocycles. The summed E-state index contributed by atoms with van der Waals surface area (Å²) < 4.78 is 10.4. The van der Waals surface area contributed by atoms with Gasteiger partial charge in [-0.25, -0.2) is 0 Å². The number of benzene rings is 2. The molecule has 1 aliphatic carbocycles. The number of nitrogens with one attached hydrogen (secondary N) is 1. The highest BCUT2D eigenvalue weighted by molar-refractivity contribution is 6.32. The Labute approximate surface area is 181 Å². The summed E-state index contributed by atoms with van der Waals surface area (Å²) in [7, 11) is 3.19. The fourth-order valence-corrected chi connectivity index (χ4v) is 4.72. The number of amides is 1. The molecule has 2 N–H and O–H groups in total. The average molecular weight is 431 g/mol. The van der Waals surface area contributed by atoms with E-state index in [1.807, 2.05) is 6.07 Å². The Morgan fingerprint density at radius 2 is 1.97 bits per heavy atom. The van der Waals surface area contributed by atoms with Gasteiger partial charge in [0.05, 0.1) is 19.2 Å². The molecular weight excluding hydrogens is 404 g/mol. The molecule has 2 aromatic carbocycles. The normalized spacial score (nSPS) is 20.0. The fraction of sp³-hybridized carbons (Fsp3) is 0.435. The first kappa shape index (κ1) is 20.8. The van der Waals surface area contributed by atoms with Crippen LogP contribution in [0.1, 0.15) is 24.8 Å². The van der Waals surface area contributed by atoms with Crippen LogP contribution in [0.5, 0.6) is 17.2 Å². The minimum Gasteiger partial charge on any atom is -0.508 e. The van der Waals surface area contributed by atoms with Crippen molar-refractivity contribution in [3.05, 3.63) is 47.0 Å². The van der Waals surface area contributed by atoms with Crippen molar-refractivity contribution in [2.75, 3.05) is 32.6 Å². The number of hydrogen-bond donors (Lipinski definition) is 2. The van der Waals surface area contributed by atoms with Crippen LogP contribution in [0.2, 0.25) is 5.02 Å². The maximum atomic E-state index is 12.8. The quantitative estimate of drug-likeness (QED) is 0.714. The lowest BCUT2D eigenvalue weighted by Crippen LogP contribution is -2.35. The predicted molar refractivity (Wildman–Crippen MR) is 116 cm³/mol. The summed E-state index contributed by atoms with van der Waals surface area (Å²) in [4.78, 5) is 15.1. The monoisotopic (exact) mass is 430 g/mol. The number of likely N-dealkylation sites (tertiary alicyclic amines) is 1. The molecule has 1 saturated heterocycles. The first-order valence-corrected chi connectivity index (χ1v) is 10.5. The summed E-state index contributed by atoms with van der Waals surface area (Å²) in [6, 6.07) is 10.6. The third-order valence-electron chi connectivity index (χ3n) is 6.46. The van der Waals surface area contributed by atoms with Gasteiger partial charge in [-0.05, 0) is 74.2 Å². The van der Waals surface area contributed by atoms with Crippen molar-refractivity contribution in [1.82, 2.24) is 4.90 Å². The lowest BCUT2D eigenvalue weighted by molar-refractivity contribution is -0.118. The van der Waals surface area contributed by atoms with Crippen LogP contribution >= 0.6 is 11.6 Å². The van der Waals surface area contributed by atoms with Crippen molar-refractivity contribution >= 4 is 23.2 Å². The Hall–Kier alpha value is -2.44. The number of nitrogens with zero attached hydrogens (tertiary/aromatic N) is 1. The predicted octanol–water partition coefficient (Wildman–Crippen LogP) is 4.30. The fourth-order valence-electron chi connectivity index (χ4n) is 4.46. The lowest BCUT2D eigenvalue weighted by Gasteiger charge is -2.33. The van der Waals surface area contributed by atoms with Crippen LogP contribution in [0.3, 0.4) is 0 Å². The molecule has 2 aliphatic rings. The van der Waals surface area contributed by atoms with Crippen LogP contribution in [0, 0.1) is 11.3 Å². The first-order valence-electron chi connectivity index (χ1n) is 10.2. The molecule has 1 amide bonds. The van der Waals surface area contributed by atoms with Gasteiger partial charge in [0.15, 0.2) is 0 Å².